The van der Waals surface area contributed by atoms with E-state index in [0.29, 0.717) is 24.5 Å². The zero-order valence-electron chi connectivity index (χ0n) is 15.3. The quantitative estimate of drug-likeness (QED) is 0.339. The zero-order valence-corrected chi connectivity index (χ0v) is 15.3. The molecule has 0 aromatic heterocycles. The van der Waals surface area contributed by atoms with Crippen molar-refractivity contribution in [2.75, 3.05) is 6.54 Å². The first-order valence-electron chi connectivity index (χ1n) is 9.32. The number of imide groups is 1. The molecule has 5 nitrogen and oxygen atoms in total. The van der Waals surface area contributed by atoms with E-state index < -0.39 is 5.97 Å². The number of likely N-dealkylation sites (tertiary alicyclic amines) is 1. The molecule has 1 heterocycles. The van der Waals surface area contributed by atoms with Crippen molar-refractivity contribution in [2.45, 2.75) is 45.4 Å². The van der Waals surface area contributed by atoms with Gasteiger partial charge in [0.15, 0.2) is 0 Å². The van der Waals surface area contributed by atoms with E-state index in [1.165, 1.54) is 10.5 Å². The topological polar surface area (TPSA) is 63.7 Å². The van der Waals surface area contributed by atoms with Gasteiger partial charge >= 0.3 is 5.97 Å². The minimum Gasteiger partial charge on any atom is -0.426 e. The summed E-state index contributed by atoms with van der Waals surface area (Å²) < 4.78 is 5.33. The number of hydrogen-bond acceptors (Lipinski definition) is 4. The van der Waals surface area contributed by atoms with Gasteiger partial charge in [0.25, 0.3) is 0 Å². The van der Waals surface area contributed by atoms with Crippen LogP contribution in [0.15, 0.2) is 36.4 Å². The summed E-state index contributed by atoms with van der Waals surface area (Å²) in [7, 11) is 0. The summed E-state index contributed by atoms with van der Waals surface area (Å²) in [5, 5.41) is 0. The molecule has 2 aliphatic rings. The fraction of sp³-hybridized carbons (Fsp3) is 0.476. The maximum atomic E-state index is 12.4. The number of fused-ring (bicyclic) bond motifs is 1. The lowest BCUT2D eigenvalue weighted by Gasteiger charge is -2.14. The molecule has 1 aliphatic carbocycles. The van der Waals surface area contributed by atoms with Crippen LogP contribution in [0, 0.1) is 11.8 Å². The average Bonchev–Trinajstić information content (AvgIpc) is 2.91. The number of ether oxygens (including phenoxy) is 1. The van der Waals surface area contributed by atoms with Crippen LogP contribution in [-0.2, 0) is 14.4 Å². The van der Waals surface area contributed by atoms with Crippen LogP contribution in [0.25, 0.3) is 0 Å². The molecule has 0 spiro atoms. The van der Waals surface area contributed by atoms with Gasteiger partial charge < -0.3 is 4.74 Å². The second-order valence-corrected chi connectivity index (χ2v) is 7.09. The molecule has 5 heteroatoms. The van der Waals surface area contributed by atoms with Gasteiger partial charge in [-0.15, -0.1) is 0 Å². The highest BCUT2D eigenvalue weighted by Crippen LogP contribution is 2.35. The molecule has 1 fully saturated rings. The number of carbonyl (C=O) groups is 3. The number of esters is 1. The monoisotopic (exact) mass is 355 g/mol. The van der Waals surface area contributed by atoms with Crippen molar-refractivity contribution in [2.24, 2.45) is 11.8 Å². The van der Waals surface area contributed by atoms with Gasteiger partial charge in [0.2, 0.25) is 11.8 Å². The third kappa shape index (κ3) is 3.71. The summed E-state index contributed by atoms with van der Waals surface area (Å²) in [6, 6.07) is 7.49. The predicted molar refractivity (Wildman–Crippen MR) is 97.5 cm³/mol. The molecule has 1 aromatic carbocycles. The molecule has 0 saturated carbocycles. The average molecular weight is 355 g/mol. The molecule has 3 atom stereocenters. The molecule has 0 bridgehead atoms. The van der Waals surface area contributed by atoms with Crippen molar-refractivity contribution in [3.8, 4) is 5.75 Å². The lowest BCUT2D eigenvalue weighted by atomic mass is 9.85. The van der Waals surface area contributed by atoms with Crippen LogP contribution in [0.4, 0.5) is 0 Å². The summed E-state index contributed by atoms with van der Waals surface area (Å²) in [5.41, 5.74) is 1.21. The van der Waals surface area contributed by atoms with Crippen molar-refractivity contribution in [3.05, 3.63) is 42.0 Å². The van der Waals surface area contributed by atoms with E-state index >= 15 is 0 Å². The Labute approximate surface area is 154 Å². The molecular weight excluding hydrogens is 330 g/mol. The molecule has 3 rings (SSSR count). The molecule has 1 aliphatic heterocycles. The summed E-state index contributed by atoms with van der Waals surface area (Å²) in [4.78, 5) is 38.1. The van der Waals surface area contributed by atoms with Gasteiger partial charge in [-0.3, -0.25) is 19.3 Å². The largest absolute Gasteiger partial charge is 0.426 e. The minimum atomic E-state index is -0.435. The van der Waals surface area contributed by atoms with Crippen molar-refractivity contribution in [1.29, 1.82) is 0 Å². The Morgan fingerprint density at radius 2 is 1.69 bits per heavy atom. The SMILES string of the molecule is CC[C@@H](C)c1ccc(OC(=O)CCN2C(=O)[C@H]3CC=CC[C@@H]3C2=O)cc1. The van der Waals surface area contributed by atoms with E-state index in [1.807, 2.05) is 24.3 Å². The number of carbonyl (C=O) groups excluding carboxylic acids is 3. The number of hydrogen-bond donors (Lipinski definition) is 0. The first-order chi connectivity index (χ1) is 12.5. The summed E-state index contributed by atoms with van der Waals surface area (Å²) in [5.74, 6) is -0.308. The van der Waals surface area contributed by atoms with Crippen molar-refractivity contribution in [1.82, 2.24) is 4.90 Å². The van der Waals surface area contributed by atoms with Crippen LogP contribution in [0.5, 0.6) is 5.75 Å². The van der Waals surface area contributed by atoms with Crippen LogP contribution in [-0.4, -0.2) is 29.2 Å². The molecule has 1 saturated heterocycles. The minimum absolute atomic E-state index is 0.0114. The second kappa shape index (κ2) is 7.85. The second-order valence-electron chi connectivity index (χ2n) is 7.09. The summed E-state index contributed by atoms with van der Waals surface area (Å²) >= 11 is 0. The standard InChI is InChI=1S/C21H25NO4/c1-3-14(2)15-8-10-16(11-9-15)26-19(23)12-13-22-20(24)17-6-4-5-7-18(17)21(22)25/h4-5,8-11,14,17-18H,3,6-7,12-13H2,1-2H3/t14-,17+,18+/m1/s1. The fourth-order valence-corrected chi connectivity index (χ4v) is 3.58. The molecule has 138 valence electrons. The Morgan fingerprint density at radius 3 is 2.23 bits per heavy atom. The molecule has 1 aromatic rings. The number of benzene rings is 1. The van der Waals surface area contributed by atoms with Crippen molar-refractivity contribution >= 4 is 17.8 Å². The Morgan fingerprint density at radius 1 is 1.12 bits per heavy atom. The highest BCUT2D eigenvalue weighted by Gasteiger charge is 2.46. The highest BCUT2D eigenvalue weighted by molar-refractivity contribution is 6.05. The predicted octanol–water partition coefficient (Wildman–Crippen LogP) is 3.45. The van der Waals surface area contributed by atoms with Gasteiger partial charge in [-0.1, -0.05) is 38.1 Å². The Hall–Kier alpha value is -2.43. The van der Waals surface area contributed by atoms with Crippen LogP contribution in [0.1, 0.15) is 51.0 Å². The summed E-state index contributed by atoms with van der Waals surface area (Å²) in [6.45, 7) is 4.37. The van der Waals surface area contributed by atoms with Gasteiger partial charge in [0.05, 0.1) is 18.3 Å². The maximum Gasteiger partial charge on any atom is 0.312 e. The first-order valence-corrected chi connectivity index (χ1v) is 9.32. The number of rotatable bonds is 6. The van der Waals surface area contributed by atoms with E-state index in [0.717, 1.165) is 6.42 Å². The number of allylic oxidation sites excluding steroid dienone is 2. The van der Waals surface area contributed by atoms with Gasteiger partial charge in [0.1, 0.15) is 5.75 Å². The highest BCUT2D eigenvalue weighted by atomic mass is 16.5. The Balaban J connectivity index is 1.53. The Bertz CT molecular complexity index is 696. The van der Waals surface area contributed by atoms with Crippen molar-refractivity contribution in [3.63, 3.8) is 0 Å². The normalized spacial score (nSPS) is 23.1. The van der Waals surface area contributed by atoms with E-state index in [1.54, 1.807) is 12.1 Å². The van der Waals surface area contributed by atoms with Gasteiger partial charge in [0, 0.05) is 6.54 Å². The molecule has 0 N–H and O–H groups in total. The molecular formula is C21H25NO4. The van der Waals surface area contributed by atoms with E-state index in [9.17, 15) is 14.4 Å². The van der Waals surface area contributed by atoms with Crippen LogP contribution in [0.3, 0.4) is 0 Å². The lowest BCUT2D eigenvalue weighted by Crippen LogP contribution is -2.33. The van der Waals surface area contributed by atoms with Gasteiger partial charge in [-0.05, 0) is 42.9 Å². The van der Waals surface area contributed by atoms with Gasteiger partial charge in [-0.2, -0.15) is 0 Å². The van der Waals surface area contributed by atoms with Crippen molar-refractivity contribution < 1.29 is 19.1 Å². The third-order valence-electron chi connectivity index (χ3n) is 5.43. The summed E-state index contributed by atoms with van der Waals surface area (Å²) in [6.07, 6.45) is 6.18. The van der Waals surface area contributed by atoms with E-state index in [2.05, 4.69) is 13.8 Å². The molecule has 0 radical (unpaired) electrons. The van der Waals surface area contributed by atoms with Crippen LogP contribution < -0.4 is 4.74 Å². The van der Waals surface area contributed by atoms with Crippen LogP contribution >= 0.6 is 0 Å². The zero-order chi connectivity index (χ0) is 18.7. The van der Waals surface area contributed by atoms with E-state index in [-0.39, 0.29) is 36.6 Å². The smallest absolute Gasteiger partial charge is 0.312 e. The number of amides is 2. The fourth-order valence-electron chi connectivity index (χ4n) is 3.58. The lowest BCUT2D eigenvalue weighted by molar-refractivity contribution is -0.141. The first kappa shape index (κ1) is 18.4. The van der Waals surface area contributed by atoms with E-state index in [4.69, 9.17) is 4.74 Å². The number of nitrogens with zero attached hydrogens (tertiary/aromatic N) is 1. The van der Waals surface area contributed by atoms with Gasteiger partial charge in [-0.25, -0.2) is 0 Å². The maximum absolute atomic E-state index is 12.4. The molecule has 2 amide bonds. The molecule has 0 unspecified atom stereocenters. The third-order valence-corrected chi connectivity index (χ3v) is 5.43. The Kier molecular flexibility index (Phi) is 5.55. The molecule has 26 heavy (non-hydrogen) atoms. The van der Waals surface area contributed by atoms with Crippen LogP contribution in [0.2, 0.25) is 0 Å².